The van der Waals surface area contributed by atoms with Crippen LogP contribution in [0.4, 0.5) is 8.78 Å². The van der Waals surface area contributed by atoms with Crippen molar-refractivity contribution in [3.63, 3.8) is 0 Å². The summed E-state index contributed by atoms with van der Waals surface area (Å²) in [5, 5.41) is 11.4. The zero-order valence-corrected chi connectivity index (χ0v) is 8.84. The molecule has 0 spiro atoms. The predicted octanol–water partition coefficient (Wildman–Crippen LogP) is 1.92. The minimum absolute atomic E-state index is 0.309. The van der Waals surface area contributed by atoms with Crippen molar-refractivity contribution >= 4 is 0 Å². The van der Waals surface area contributed by atoms with Gasteiger partial charge < -0.3 is 10.1 Å². The highest BCUT2D eigenvalue weighted by molar-refractivity contribution is 5.45. The van der Waals surface area contributed by atoms with Crippen LogP contribution in [0.5, 0.6) is 5.75 Å². The third kappa shape index (κ3) is 3.48. The van der Waals surface area contributed by atoms with Gasteiger partial charge in [0.25, 0.3) is 6.43 Å². The van der Waals surface area contributed by atoms with Gasteiger partial charge in [0, 0.05) is 6.54 Å². The monoisotopic (exact) mass is 226 g/mol. The molecular formula is C11H12F2N2O. The highest BCUT2D eigenvalue weighted by Gasteiger charge is 2.05. The second-order valence-electron chi connectivity index (χ2n) is 3.17. The summed E-state index contributed by atoms with van der Waals surface area (Å²) in [6.45, 7) is -0.0447. The molecule has 0 unspecified atom stereocenters. The van der Waals surface area contributed by atoms with Crippen molar-refractivity contribution in [1.82, 2.24) is 5.32 Å². The Bertz CT molecular complexity index is 388. The first-order valence-electron chi connectivity index (χ1n) is 4.73. The van der Waals surface area contributed by atoms with Gasteiger partial charge >= 0.3 is 0 Å². The predicted molar refractivity (Wildman–Crippen MR) is 55.4 cm³/mol. The Balaban J connectivity index is 2.65. The summed E-state index contributed by atoms with van der Waals surface area (Å²) in [5.74, 6) is 0.486. The molecule has 5 heteroatoms. The van der Waals surface area contributed by atoms with E-state index in [0.717, 1.165) is 5.56 Å². The first kappa shape index (κ1) is 12.4. The van der Waals surface area contributed by atoms with Gasteiger partial charge in [-0.05, 0) is 17.7 Å². The van der Waals surface area contributed by atoms with Crippen LogP contribution < -0.4 is 10.1 Å². The summed E-state index contributed by atoms with van der Waals surface area (Å²) < 4.78 is 28.7. The van der Waals surface area contributed by atoms with E-state index in [4.69, 9.17) is 10.00 Å². The third-order valence-electron chi connectivity index (χ3n) is 2.01. The number of nitrogens with zero attached hydrogens (tertiary/aromatic N) is 1. The van der Waals surface area contributed by atoms with Crippen molar-refractivity contribution in [2.24, 2.45) is 0 Å². The average molecular weight is 226 g/mol. The number of rotatable bonds is 5. The second kappa shape index (κ2) is 6.03. The van der Waals surface area contributed by atoms with Gasteiger partial charge in [0.1, 0.15) is 11.8 Å². The fourth-order valence-corrected chi connectivity index (χ4v) is 1.28. The number of halogens is 2. The lowest BCUT2D eigenvalue weighted by atomic mass is 10.1. The molecule has 1 rings (SSSR count). The summed E-state index contributed by atoms with van der Waals surface area (Å²) in [6, 6.07) is 6.99. The Labute approximate surface area is 92.6 Å². The van der Waals surface area contributed by atoms with Crippen molar-refractivity contribution in [1.29, 1.82) is 5.26 Å². The lowest BCUT2D eigenvalue weighted by Crippen LogP contribution is -2.20. The molecule has 0 amide bonds. The fraction of sp³-hybridized carbons (Fsp3) is 0.364. The molecule has 3 nitrogen and oxygen atoms in total. The summed E-state index contributed by atoms with van der Waals surface area (Å²) >= 11 is 0. The molecular weight excluding hydrogens is 214 g/mol. The van der Waals surface area contributed by atoms with Gasteiger partial charge in [-0.1, -0.05) is 6.07 Å². The van der Waals surface area contributed by atoms with E-state index in [1.165, 1.54) is 7.11 Å². The van der Waals surface area contributed by atoms with E-state index in [-0.39, 0.29) is 6.54 Å². The molecule has 0 radical (unpaired) electrons. The third-order valence-corrected chi connectivity index (χ3v) is 2.01. The maximum atomic E-state index is 11.9. The molecule has 0 aliphatic heterocycles. The van der Waals surface area contributed by atoms with Crippen LogP contribution in [0.2, 0.25) is 0 Å². The Morgan fingerprint density at radius 1 is 1.50 bits per heavy atom. The average Bonchev–Trinajstić information content (AvgIpc) is 2.28. The first-order chi connectivity index (χ1) is 7.67. The number of ether oxygens (including phenoxy) is 1. The number of alkyl halides is 2. The normalized spacial score (nSPS) is 10.2. The number of hydrogen-bond donors (Lipinski definition) is 1. The molecule has 0 atom stereocenters. The molecule has 0 fully saturated rings. The molecule has 0 saturated heterocycles. The second-order valence-corrected chi connectivity index (χ2v) is 3.17. The largest absolute Gasteiger partial charge is 0.495 e. The SMILES string of the molecule is COc1ccc(CNCC(F)F)cc1C#N. The van der Waals surface area contributed by atoms with E-state index in [1.807, 2.05) is 6.07 Å². The molecule has 0 saturated carbocycles. The standard InChI is InChI=1S/C11H12F2N2O/c1-16-10-3-2-8(4-9(10)5-14)6-15-7-11(12)13/h2-4,11,15H,6-7H2,1H3. The van der Waals surface area contributed by atoms with E-state index in [0.29, 0.717) is 17.9 Å². The van der Waals surface area contributed by atoms with Crippen LogP contribution in [-0.2, 0) is 6.54 Å². The van der Waals surface area contributed by atoms with E-state index < -0.39 is 6.43 Å². The summed E-state index contributed by atoms with van der Waals surface area (Å²) in [6.07, 6.45) is -2.37. The van der Waals surface area contributed by atoms with Crippen LogP contribution in [0, 0.1) is 11.3 Å². The minimum atomic E-state index is -2.37. The molecule has 0 aromatic heterocycles. The fourth-order valence-electron chi connectivity index (χ4n) is 1.28. The number of nitrogens with one attached hydrogen (secondary N) is 1. The van der Waals surface area contributed by atoms with Gasteiger partial charge in [-0.25, -0.2) is 8.78 Å². The number of benzene rings is 1. The van der Waals surface area contributed by atoms with Gasteiger partial charge in [-0.3, -0.25) is 0 Å². The summed E-state index contributed by atoms with van der Waals surface area (Å²) in [5.41, 5.74) is 1.18. The van der Waals surface area contributed by atoms with Crippen LogP contribution in [-0.4, -0.2) is 20.1 Å². The maximum Gasteiger partial charge on any atom is 0.250 e. The van der Waals surface area contributed by atoms with Crippen LogP contribution in [0.1, 0.15) is 11.1 Å². The number of hydrogen-bond acceptors (Lipinski definition) is 3. The number of nitriles is 1. The van der Waals surface area contributed by atoms with Crippen molar-refractivity contribution in [3.8, 4) is 11.8 Å². The Hall–Kier alpha value is -1.67. The highest BCUT2D eigenvalue weighted by Crippen LogP contribution is 2.18. The lowest BCUT2D eigenvalue weighted by Gasteiger charge is -2.07. The first-order valence-corrected chi connectivity index (χ1v) is 4.73. The Kier molecular flexibility index (Phi) is 4.67. The molecule has 1 aromatic rings. The van der Waals surface area contributed by atoms with Crippen LogP contribution in [0.15, 0.2) is 18.2 Å². The summed E-state index contributed by atoms with van der Waals surface area (Å²) in [4.78, 5) is 0. The molecule has 1 N–H and O–H groups in total. The van der Waals surface area contributed by atoms with Crippen LogP contribution in [0.25, 0.3) is 0 Å². The van der Waals surface area contributed by atoms with Gasteiger partial charge in [0.2, 0.25) is 0 Å². The van der Waals surface area contributed by atoms with E-state index in [2.05, 4.69) is 5.32 Å². The van der Waals surface area contributed by atoms with E-state index >= 15 is 0 Å². The van der Waals surface area contributed by atoms with Gasteiger partial charge in [0.15, 0.2) is 0 Å². The molecule has 86 valence electrons. The van der Waals surface area contributed by atoms with E-state index in [9.17, 15) is 8.78 Å². The van der Waals surface area contributed by atoms with Crippen molar-refractivity contribution in [2.45, 2.75) is 13.0 Å². The molecule has 0 bridgehead atoms. The zero-order chi connectivity index (χ0) is 12.0. The van der Waals surface area contributed by atoms with Crippen molar-refractivity contribution in [2.75, 3.05) is 13.7 Å². The quantitative estimate of drug-likeness (QED) is 0.834. The van der Waals surface area contributed by atoms with Crippen LogP contribution in [0.3, 0.4) is 0 Å². The molecule has 0 aliphatic carbocycles. The topological polar surface area (TPSA) is 45.0 Å². The zero-order valence-electron chi connectivity index (χ0n) is 8.84. The molecule has 16 heavy (non-hydrogen) atoms. The van der Waals surface area contributed by atoms with Crippen LogP contribution >= 0.6 is 0 Å². The van der Waals surface area contributed by atoms with Crippen molar-refractivity contribution in [3.05, 3.63) is 29.3 Å². The van der Waals surface area contributed by atoms with Gasteiger partial charge in [-0.15, -0.1) is 0 Å². The van der Waals surface area contributed by atoms with Crippen molar-refractivity contribution < 1.29 is 13.5 Å². The maximum absolute atomic E-state index is 11.9. The highest BCUT2D eigenvalue weighted by atomic mass is 19.3. The lowest BCUT2D eigenvalue weighted by molar-refractivity contribution is 0.145. The Morgan fingerprint density at radius 3 is 2.81 bits per heavy atom. The van der Waals surface area contributed by atoms with Gasteiger partial charge in [0.05, 0.1) is 19.2 Å². The molecule has 1 aromatic carbocycles. The smallest absolute Gasteiger partial charge is 0.250 e. The molecule has 0 aliphatic rings. The van der Waals surface area contributed by atoms with Gasteiger partial charge in [-0.2, -0.15) is 5.26 Å². The van der Waals surface area contributed by atoms with E-state index in [1.54, 1.807) is 18.2 Å². The summed E-state index contributed by atoms with van der Waals surface area (Å²) in [7, 11) is 1.48. The number of methoxy groups -OCH3 is 1. The Morgan fingerprint density at radius 2 is 2.25 bits per heavy atom. The minimum Gasteiger partial charge on any atom is -0.495 e. The molecule has 0 heterocycles.